The molecule has 1 aliphatic heterocycles. The standard InChI is InChI=1S/C24H23BrN2O6S2/c1-13-6-14(2)8-16(7-13)26-20(28)12-33-22-17(25)9-15(10-18(22)32-3)11-19-23(31)27(24(34)35-19)5-4-21(29)30/h6-11H,4-5,12H2,1-3H3,(H,26,28)(H,29,30)/b19-11-. The van der Waals surface area contributed by atoms with Gasteiger partial charge in [0.15, 0.2) is 18.1 Å². The summed E-state index contributed by atoms with van der Waals surface area (Å²) in [6, 6.07) is 9.17. The highest BCUT2D eigenvalue weighted by atomic mass is 79.9. The summed E-state index contributed by atoms with van der Waals surface area (Å²) in [5.74, 6) is -0.965. The largest absolute Gasteiger partial charge is 0.493 e. The van der Waals surface area contributed by atoms with E-state index in [0.29, 0.717) is 36.4 Å². The van der Waals surface area contributed by atoms with Crippen LogP contribution in [0.15, 0.2) is 39.7 Å². The van der Waals surface area contributed by atoms with E-state index in [1.807, 2.05) is 32.0 Å². The normalized spacial score (nSPS) is 14.4. The van der Waals surface area contributed by atoms with Crippen molar-refractivity contribution in [2.45, 2.75) is 20.3 Å². The van der Waals surface area contributed by atoms with Crippen molar-refractivity contribution in [1.82, 2.24) is 4.90 Å². The van der Waals surface area contributed by atoms with Crippen LogP contribution in [0.1, 0.15) is 23.1 Å². The molecule has 2 aromatic carbocycles. The minimum atomic E-state index is -1.00. The van der Waals surface area contributed by atoms with E-state index >= 15 is 0 Å². The van der Waals surface area contributed by atoms with E-state index in [0.717, 1.165) is 22.9 Å². The number of nitrogens with zero attached hydrogens (tertiary/aromatic N) is 1. The summed E-state index contributed by atoms with van der Waals surface area (Å²) in [5.41, 5.74) is 3.41. The van der Waals surface area contributed by atoms with E-state index < -0.39 is 5.97 Å². The number of anilines is 1. The number of methoxy groups -OCH3 is 1. The third-order valence-corrected chi connectivity index (χ3v) is 6.79. The third kappa shape index (κ3) is 7.06. The van der Waals surface area contributed by atoms with E-state index in [1.54, 1.807) is 18.2 Å². The zero-order valence-corrected chi connectivity index (χ0v) is 22.4. The number of carbonyl (C=O) groups is 3. The first-order valence-corrected chi connectivity index (χ1v) is 12.4. The number of nitrogens with one attached hydrogen (secondary N) is 1. The first-order valence-electron chi connectivity index (χ1n) is 10.4. The first-order chi connectivity index (χ1) is 16.6. The number of hydrogen-bond acceptors (Lipinski definition) is 7. The van der Waals surface area contributed by atoms with E-state index in [2.05, 4.69) is 21.2 Å². The van der Waals surface area contributed by atoms with Crippen molar-refractivity contribution in [2.75, 3.05) is 25.6 Å². The van der Waals surface area contributed by atoms with Crippen LogP contribution in [0, 0.1) is 13.8 Å². The Labute approximate surface area is 220 Å². The Morgan fingerprint density at radius 3 is 2.51 bits per heavy atom. The fraction of sp³-hybridized carbons (Fsp3) is 0.250. The number of amides is 2. The van der Waals surface area contributed by atoms with Gasteiger partial charge in [-0.1, -0.05) is 30.0 Å². The fourth-order valence-electron chi connectivity index (χ4n) is 3.40. The molecular formula is C24H23BrN2O6S2. The number of thiocarbonyl (C=S) groups is 1. The van der Waals surface area contributed by atoms with Gasteiger partial charge in [0.25, 0.3) is 11.8 Å². The molecule has 1 saturated heterocycles. The van der Waals surface area contributed by atoms with Gasteiger partial charge in [0.05, 0.1) is 22.9 Å². The number of benzene rings is 2. The summed E-state index contributed by atoms with van der Waals surface area (Å²) < 4.78 is 12.0. The van der Waals surface area contributed by atoms with Crippen molar-refractivity contribution in [2.24, 2.45) is 0 Å². The van der Waals surface area contributed by atoms with E-state index in [9.17, 15) is 14.4 Å². The average molecular weight is 579 g/mol. The van der Waals surface area contributed by atoms with Crippen molar-refractivity contribution < 1.29 is 29.0 Å². The molecule has 0 bridgehead atoms. The maximum Gasteiger partial charge on any atom is 0.305 e. The molecule has 3 rings (SSSR count). The van der Waals surface area contributed by atoms with Gasteiger partial charge in [0, 0.05) is 12.2 Å². The number of halogens is 1. The van der Waals surface area contributed by atoms with Crippen LogP contribution >= 0.6 is 39.9 Å². The molecule has 2 aromatic rings. The van der Waals surface area contributed by atoms with Gasteiger partial charge in [-0.05, 0) is 76.8 Å². The van der Waals surface area contributed by atoms with Gasteiger partial charge >= 0.3 is 5.97 Å². The molecule has 184 valence electrons. The van der Waals surface area contributed by atoms with E-state index in [4.69, 9.17) is 26.8 Å². The monoisotopic (exact) mass is 578 g/mol. The second-order valence-corrected chi connectivity index (χ2v) is 10.3. The van der Waals surface area contributed by atoms with Crippen LogP contribution in [0.3, 0.4) is 0 Å². The van der Waals surface area contributed by atoms with Crippen LogP contribution in [-0.4, -0.2) is 52.4 Å². The van der Waals surface area contributed by atoms with Crippen LogP contribution in [0.2, 0.25) is 0 Å². The Morgan fingerprint density at radius 1 is 1.20 bits per heavy atom. The molecule has 2 N–H and O–H groups in total. The van der Waals surface area contributed by atoms with Crippen molar-refractivity contribution in [3.63, 3.8) is 0 Å². The maximum absolute atomic E-state index is 12.7. The number of carboxylic acids is 1. The van der Waals surface area contributed by atoms with Crippen LogP contribution in [0.4, 0.5) is 5.69 Å². The molecule has 0 saturated carbocycles. The molecule has 8 nitrogen and oxygen atoms in total. The predicted octanol–water partition coefficient (Wildman–Crippen LogP) is 4.77. The Kier molecular flexibility index (Phi) is 8.92. The van der Waals surface area contributed by atoms with E-state index in [1.165, 1.54) is 12.0 Å². The number of thioether (sulfide) groups is 1. The second kappa shape index (κ2) is 11.7. The molecule has 35 heavy (non-hydrogen) atoms. The Morgan fingerprint density at radius 2 is 1.89 bits per heavy atom. The van der Waals surface area contributed by atoms with Gasteiger partial charge in [-0.2, -0.15) is 0 Å². The molecule has 0 atom stereocenters. The summed E-state index contributed by atoms with van der Waals surface area (Å²) in [6.45, 7) is 3.69. The molecule has 1 fully saturated rings. The van der Waals surface area contributed by atoms with Crippen molar-refractivity contribution in [1.29, 1.82) is 0 Å². The van der Waals surface area contributed by atoms with E-state index in [-0.39, 0.29) is 31.4 Å². The van der Waals surface area contributed by atoms with Crippen LogP contribution in [0.25, 0.3) is 6.08 Å². The molecule has 0 aromatic heterocycles. The highest BCUT2D eigenvalue weighted by molar-refractivity contribution is 9.10. The highest BCUT2D eigenvalue weighted by Crippen LogP contribution is 2.39. The zero-order chi connectivity index (χ0) is 25.7. The first kappa shape index (κ1) is 26.7. The molecule has 1 heterocycles. The topological polar surface area (TPSA) is 105 Å². The van der Waals surface area contributed by atoms with Gasteiger partial charge in [-0.3, -0.25) is 19.3 Å². The van der Waals surface area contributed by atoms with Crippen molar-refractivity contribution in [3.8, 4) is 11.5 Å². The minimum Gasteiger partial charge on any atom is -0.493 e. The summed E-state index contributed by atoms with van der Waals surface area (Å²) in [7, 11) is 1.47. The summed E-state index contributed by atoms with van der Waals surface area (Å²) in [4.78, 5) is 37.6. The van der Waals surface area contributed by atoms with Crippen LogP contribution in [0.5, 0.6) is 11.5 Å². The molecule has 0 unspecified atom stereocenters. The maximum atomic E-state index is 12.7. The number of rotatable bonds is 9. The fourth-order valence-corrected chi connectivity index (χ4v) is 5.28. The number of aliphatic carboxylic acids is 1. The van der Waals surface area contributed by atoms with Crippen molar-refractivity contribution >= 4 is 73.8 Å². The van der Waals surface area contributed by atoms with Gasteiger partial charge in [0.1, 0.15) is 4.32 Å². The summed E-state index contributed by atoms with van der Waals surface area (Å²) >= 11 is 9.77. The molecule has 0 spiro atoms. The number of ether oxygens (including phenoxy) is 2. The molecular weight excluding hydrogens is 556 g/mol. The van der Waals surface area contributed by atoms with Gasteiger partial charge in [-0.15, -0.1) is 0 Å². The second-order valence-electron chi connectivity index (χ2n) is 7.72. The molecule has 1 aliphatic rings. The van der Waals surface area contributed by atoms with Crippen LogP contribution in [-0.2, 0) is 14.4 Å². The summed E-state index contributed by atoms with van der Waals surface area (Å²) in [6.07, 6.45) is 1.45. The number of carboxylic acid groups (broad SMARTS) is 1. The van der Waals surface area contributed by atoms with Gasteiger partial charge < -0.3 is 19.9 Å². The lowest BCUT2D eigenvalue weighted by atomic mass is 10.1. The lowest BCUT2D eigenvalue weighted by Crippen LogP contribution is -2.30. The summed E-state index contributed by atoms with van der Waals surface area (Å²) in [5, 5.41) is 11.7. The number of hydrogen-bond donors (Lipinski definition) is 2. The number of aryl methyl sites for hydroxylation is 2. The zero-order valence-electron chi connectivity index (χ0n) is 19.2. The molecule has 0 aliphatic carbocycles. The smallest absolute Gasteiger partial charge is 0.305 e. The van der Waals surface area contributed by atoms with Crippen molar-refractivity contribution in [3.05, 3.63) is 56.4 Å². The Balaban J connectivity index is 1.72. The third-order valence-electron chi connectivity index (χ3n) is 4.83. The van der Waals surface area contributed by atoms with Crippen LogP contribution < -0.4 is 14.8 Å². The molecule has 0 radical (unpaired) electrons. The Hall–Kier alpha value is -2.89. The lowest BCUT2D eigenvalue weighted by molar-refractivity contribution is -0.137. The lowest BCUT2D eigenvalue weighted by Gasteiger charge is -2.14. The molecule has 2 amide bonds. The quantitative estimate of drug-likeness (QED) is 0.324. The van der Waals surface area contributed by atoms with Gasteiger partial charge in [-0.25, -0.2) is 0 Å². The van der Waals surface area contributed by atoms with Gasteiger partial charge in [0.2, 0.25) is 0 Å². The SMILES string of the molecule is COc1cc(/C=C2\SC(=S)N(CCC(=O)O)C2=O)cc(Br)c1OCC(=O)Nc1cc(C)cc(C)c1. The highest BCUT2D eigenvalue weighted by Gasteiger charge is 2.32. The minimum absolute atomic E-state index is 0.0152. The average Bonchev–Trinajstić information content (AvgIpc) is 3.02. The molecule has 11 heteroatoms. The Bertz CT molecular complexity index is 1210. The number of carbonyl (C=O) groups excluding carboxylic acids is 2. The predicted molar refractivity (Wildman–Crippen MR) is 143 cm³/mol.